The molecule has 2 aliphatic heterocycles. The fourth-order valence-corrected chi connectivity index (χ4v) is 6.84. The number of carbonyl (C=O) groups is 2. The van der Waals surface area contributed by atoms with Crippen molar-refractivity contribution in [1.29, 1.82) is 0 Å². The van der Waals surface area contributed by atoms with Crippen molar-refractivity contribution in [3.63, 3.8) is 0 Å². The van der Waals surface area contributed by atoms with Gasteiger partial charge in [-0.05, 0) is 56.5 Å². The third-order valence-corrected chi connectivity index (χ3v) is 9.05. The van der Waals surface area contributed by atoms with Crippen LogP contribution in [0, 0.1) is 5.82 Å². The van der Waals surface area contributed by atoms with Crippen molar-refractivity contribution in [2.45, 2.75) is 50.9 Å². The molecule has 15 heteroatoms. The Kier molecular flexibility index (Phi) is 7.59. The quantitative estimate of drug-likeness (QED) is 0.246. The van der Waals surface area contributed by atoms with Crippen LogP contribution in [0.2, 0.25) is 0 Å². The summed E-state index contributed by atoms with van der Waals surface area (Å²) in [4.78, 5) is 48.8. The number of pyridine rings is 1. The lowest BCUT2D eigenvalue weighted by atomic mass is 9.91. The van der Waals surface area contributed by atoms with Gasteiger partial charge in [-0.2, -0.15) is 9.78 Å². The van der Waals surface area contributed by atoms with E-state index in [-0.39, 0.29) is 47.6 Å². The lowest BCUT2D eigenvalue weighted by Crippen LogP contribution is -2.48. The number of benzene rings is 1. The Balaban J connectivity index is 1.26. The number of fused-ring (bicyclic) bond motifs is 2. The molecular formula is C33H34FN9O5. The van der Waals surface area contributed by atoms with Crippen molar-refractivity contribution in [3.05, 3.63) is 93.7 Å². The Hall–Kier alpha value is -5.41. The smallest absolute Gasteiger partial charge is 0.286 e. The number of hydrogen-bond donors (Lipinski definition) is 3. The number of carbonyl (C=O) groups excluding carboxylic acids is 2. The van der Waals surface area contributed by atoms with E-state index in [2.05, 4.69) is 15.1 Å². The second kappa shape index (κ2) is 11.7. The van der Waals surface area contributed by atoms with Gasteiger partial charge in [-0.1, -0.05) is 18.2 Å². The molecule has 2 amide bonds. The van der Waals surface area contributed by atoms with Crippen molar-refractivity contribution in [2.75, 3.05) is 25.4 Å². The second-order valence-electron chi connectivity index (χ2n) is 12.6. The van der Waals surface area contributed by atoms with Crippen molar-refractivity contribution < 1.29 is 23.8 Å². The van der Waals surface area contributed by atoms with E-state index in [0.717, 1.165) is 5.69 Å². The van der Waals surface area contributed by atoms with E-state index in [1.165, 1.54) is 37.1 Å². The lowest BCUT2D eigenvalue weighted by Gasteiger charge is -2.35. The van der Waals surface area contributed by atoms with Gasteiger partial charge in [-0.25, -0.2) is 18.9 Å². The van der Waals surface area contributed by atoms with Crippen molar-refractivity contribution in [1.82, 2.24) is 33.8 Å². The number of nitrogens with two attached hydrogens (primary N) is 2. The first-order valence-electron chi connectivity index (χ1n) is 15.6. The standard InChI is InChI=1S/C33H34FN9O5/c1-33(2,47)32(46)40-11-8-18(9-12-40)23-16-21(26-29(35)38-17-39-42(23)26)20-7-6-19(15-22(20)34)28-27-25(30(36)44)31(45)43(41(27)13-14-48-28)24-5-3-4-10-37-24/h3-7,10,15-18,28,47H,8-9,11-14H2,1-2H3,(H2,36,44)(H2,35,38,39). The van der Waals surface area contributed by atoms with Gasteiger partial charge in [0.25, 0.3) is 17.4 Å². The first kappa shape index (κ1) is 31.2. The van der Waals surface area contributed by atoms with Crippen LogP contribution in [-0.4, -0.2) is 76.1 Å². The van der Waals surface area contributed by atoms with Crippen LogP contribution in [0.3, 0.4) is 0 Å². The zero-order valence-corrected chi connectivity index (χ0v) is 26.3. The predicted molar refractivity (Wildman–Crippen MR) is 172 cm³/mol. The third-order valence-electron chi connectivity index (χ3n) is 9.05. The Morgan fingerprint density at radius 1 is 1.06 bits per heavy atom. The Labute approximate surface area is 273 Å². The zero-order valence-electron chi connectivity index (χ0n) is 26.3. The molecule has 0 aliphatic carbocycles. The molecule has 5 N–H and O–H groups in total. The maximum absolute atomic E-state index is 16.2. The Morgan fingerprint density at radius 3 is 2.50 bits per heavy atom. The average molecular weight is 656 g/mol. The number of nitrogens with zero attached hydrogens (tertiary/aromatic N) is 7. The highest BCUT2D eigenvalue weighted by molar-refractivity contribution is 5.94. The number of hydrogen-bond acceptors (Lipinski definition) is 9. The number of nitrogen functional groups attached to an aromatic ring is 1. The molecule has 1 aromatic carbocycles. The topological polar surface area (TPSA) is 189 Å². The SMILES string of the molecule is CC(C)(O)C(=O)N1CCC(c2cc(-c3ccc(C4OCCn5c4c(C(N)=O)c(=O)n5-c4ccccn4)cc3F)c3c(N)ncnn23)CC1. The van der Waals surface area contributed by atoms with Gasteiger partial charge >= 0.3 is 0 Å². The molecule has 0 spiro atoms. The Morgan fingerprint density at radius 2 is 1.83 bits per heavy atom. The van der Waals surface area contributed by atoms with Gasteiger partial charge in [0.05, 0.1) is 18.8 Å². The van der Waals surface area contributed by atoms with Gasteiger partial charge in [0.1, 0.15) is 34.9 Å². The molecule has 0 radical (unpaired) electrons. The van der Waals surface area contributed by atoms with Crippen LogP contribution < -0.4 is 17.0 Å². The number of anilines is 1. The summed E-state index contributed by atoms with van der Waals surface area (Å²) in [6.07, 6.45) is 3.14. The lowest BCUT2D eigenvalue weighted by molar-refractivity contribution is -0.148. The highest BCUT2D eigenvalue weighted by atomic mass is 19.1. The van der Waals surface area contributed by atoms with Crippen LogP contribution in [-0.2, 0) is 16.1 Å². The van der Waals surface area contributed by atoms with Gasteiger partial charge in [-0.3, -0.25) is 19.1 Å². The summed E-state index contributed by atoms with van der Waals surface area (Å²) in [7, 11) is 0. The van der Waals surface area contributed by atoms with E-state index < -0.39 is 29.0 Å². The van der Waals surface area contributed by atoms with Gasteiger partial charge in [0.2, 0.25) is 0 Å². The first-order chi connectivity index (χ1) is 23.0. The summed E-state index contributed by atoms with van der Waals surface area (Å²) in [5.74, 6) is -1.38. The van der Waals surface area contributed by atoms with Gasteiger partial charge < -0.3 is 26.2 Å². The minimum absolute atomic E-state index is 0.0172. The highest BCUT2D eigenvalue weighted by Crippen LogP contribution is 2.39. The fourth-order valence-electron chi connectivity index (χ4n) is 6.84. The van der Waals surface area contributed by atoms with Gasteiger partial charge in [0, 0.05) is 42.0 Å². The van der Waals surface area contributed by atoms with Gasteiger partial charge in [0.15, 0.2) is 11.6 Å². The molecule has 5 aromatic rings. The Bertz CT molecular complexity index is 2130. The van der Waals surface area contributed by atoms with E-state index >= 15 is 4.39 Å². The number of halogens is 1. The first-order valence-corrected chi connectivity index (χ1v) is 15.6. The van der Waals surface area contributed by atoms with E-state index in [4.69, 9.17) is 16.2 Å². The number of piperidine rings is 1. The molecule has 48 heavy (non-hydrogen) atoms. The largest absolute Gasteiger partial charge is 0.382 e. The van der Waals surface area contributed by atoms with Crippen LogP contribution >= 0.6 is 0 Å². The number of likely N-dealkylation sites (tertiary alicyclic amines) is 1. The molecule has 7 rings (SSSR count). The summed E-state index contributed by atoms with van der Waals surface area (Å²) < 4.78 is 26.9. The maximum Gasteiger partial charge on any atom is 0.286 e. The summed E-state index contributed by atoms with van der Waals surface area (Å²) in [6, 6.07) is 11.5. The van der Waals surface area contributed by atoms with Crippen LogP contribution in [0.4, 0.5) is 10.2 Å². The predicted octanol–water partition coefficient (Wildman–Crippen LogP) is 2.16. The molecule has 2 aliphatic rings. The maximum atomic E-state index is 16.2. The number of amides is 2. The highest BCUT2D eigenvalue weighted by Gasteiger charge is 2.36. The van der Waals surface area contributed by atoms with Crippen LogP contribution in [0.5, 0.6) is 0 Å². The van der Waals surface area contributed by atoms with E-state index in [1.807, 2.05) is 6.07 Å². The molecule has 1 unspecified atom stereocenters. The minimum atomic E-state index is -1.46. The molecule has 0 saturated carbocycles. The summed E-state index contributed by atoms with van der Waals surface area (Å²) in [5, 5.41) is 14.6. The van der Waals surface area contributed by atoms with Crippen molar-refractivity contribution in [3.8, 4) is 16.9 Å². The summed E-state index contributed by atoms with van der Waals surface area (Å²) in [5.41, 5.74) is 12.3. The number of ether oxygens (including phenoxy) is 1. The van der Waals surface area contributed by atoms with E-state index in [0.29, 0.717) is 48.4 Å². The summed E-state index contributed by atoms with van der Waals surface area (Å²) in [6.45, 7) is 4.27. The molecule has 1 fully saturated rings. The average Bonchev–Trinajstić information content (AvgIpc) is 3.60. The number of rotatable bonds is 6. The third kappa shape index (κ3) is 5.11. The molecule has 1 atom stereocenters. The van der Waals surface area contributed by atoms with Crippen LogP contribution in [0.1, 0.15) is 66.0 Å². The fraction of sp³-hybridized carbons (Fsp3) is 0.333. The molecular weight excluding hydrogens is 621 g/mol. The molecule has 1 saturated heterocycles. The molecule has 0 bridgehead atoms. The van der Waals surface area contributed by atoms with Crippen molar-refractivity contribution >= 4 is 23.1 Å². The number of aliphatic hydroxyl groups is 1. The molecule has 6 heterocycles. The monoisotopic (exact) mass is 655 g/mol. The molecule has 14 nitrogen and oxygen atoms in total. The van der Waals surface area contributed by atoms with Crippen molar-refractivity contribution in [2.24, 2.45) is 5.73 Å². The normalized spacial score (nSPS) is 17.1. The minimum Gasteiger partial charge on any atom is -0.382 e. The number of aromatic nitrogens is 6. The molecule has 248 valence electrons. The van der Waals surface area contributed by atoms with E-state index in [1.54, 1.807) is 44.4 Å². The number of primary amides is 1. The summed E-state index contributed by atoms with van der Waals surface area (Å²) >= 11 is 0. The van der Waals surface area contributed by atoms with Crippen LogP contribution in [0.25, 0.3) is 22.5 Å². The van der Waals surface area contributed by atoms with E-state index in [9.17, 15) is 19.5 Å². The molecule has 4 aromatic heterocycles. The second-order valence-corrected chi connectivity index (χ2v) is 12.6. The zero-order chi connectivity index (χ0) is 33.9. The van der Waals surface area contributed by atoms with Crippen LogP contribution in [0.15, 0.2) is 59.8 Å². The van der Waals surface area contributed by atoms with Gasteiger partial charge in [-0.15, -0.1) is 0 Å².